The Bertz CT molecular complexity index is 875. The van der Waals surface area contributed by atoms with Crippen molar-refractivity contribution in [2.45, 2.75) is 18.9 Å². The number of aromatic nitrogens is 2. The van der Waals surface area contributed by atoms with E-state index in [1.54, 1.807) is 12.1 Å². The summed E-state index contributed by atoms with van der Waals surface area (Å²) in [6.45, 7) is 1.63. The maximum absolute atomic E-state index is 13.1. The Labute approximate surface area is 154 Å². The zero-order valence-corrected chi connectivity index (χ0v) is 14.9. The third-order valence-electron chi connectivity index (χ3n) is 4.55. The fourth-order valence-electron chi connectivity index (χ4n) is 3.22. The number of nitrogens with zero attached hydrogens (tertiary/aromatic N) is 2. The minimum Gasteiger partial charge on any atom is -0.353 e. The molecule has 0 spiro atoms. The van der Waals surface area contributed by atoms with Gasteiger partial charge in [0.15, 0.2) is 5.82 Å². The van der Waals surface area contributed by atoms with E-state index < -0.39 is 0 Å². The van der Waals surface area contributed by atoms with E-state index in [2.05, 4.69) is 20.4 Å². The van der Waals surface area contributed by atoms with E-state index in [9.17, 15) is 9.18 Å². The second-order valence-corrected chi connectivity index (χ2v) is 7.33. The highest BCUT2D eigenvalue weighted by Crippen LogP contribution is 2.24. The van der Waals surface area contributed by atoms with Gasteiger partial charge in [-0.05, 0) is 54.1 Å². The Morgan fingerprint density at radius 3 is 2.92 bits per heavy atom. The van der Waals surface area contributed by atoms with E-state index in [1.807, 2.05) is 23.6 Å². The number of piperidine rings is 1. The maximum atomic E-state index is 13.1. The summed E-state index contributed by atoms with van der Waals surface area (Å²) in [6, 6.07) is 12.1. The number of H-pyrrole nitrogens is 1. The lowest BCUT2D eigenvalue weighted by Crippen LogP contribution is -2.47. The average Bonchev–Trinajstić information content (AvgIpc) is 3.35. The molecule has 1 unspecified atom stereocenters. The van der Waals surface area contributed by atoms with Crippen molar-refractivity contribution in [2.75, 3.05) is 18.0 Å². The highest BCUT2D eigenvalue weighted by Gasteiger charge is 2.23. The van der Waals surface area contributed by atoms with Crippen molar-refractivity contribution in [3.63, 3.8) is 0 Å². The number of carbonyl (C=O) groups is 1. The molecule has 1 saturated heterocycles. The third kappa shape index (κ3) is 3.62. The molecule has 1 atom stereocenters. The molecule has 1 aromatic carbocycles. The van der Waals surface area contributed by atoms with Crippen LogP contribution in [0.3, 0.4) is 0 Å². The molecule has 1 aliphatic rings. The Kier molecular flexibility index (Phi) is 4.71. The molecule has 1 fully saturated rings. The zero-order chi connectivity index (χ0) is 17.9. The number of carbonyl (C=O) groups excluding carboxylic acids is 1. The Morgan fingerprint density at radius 1 is 1.31 bits per heavy atom. The van der Waals surface area contributed by atoms with Gasteiger partial charge in [-0.1, -0.05) is 6.07 Å². The lowest BCUT2D eigenvalue weighted by Gasteiger charge is -2.33. The standard InChI is InChI=1S/C19H19FN4OS/c20-14-7-5-13(6-8-14)16-11-18(23-22-16)24-9-1-3-15(12-24)21-19(25)17-4-2-10-26-17/h2,4-8,10-11,15H,1,3,9,12H2,(H,21,25)(H,22,23). The molecular formula is C19H19FN4OS. The molecule has 2 N–H and O–H groups in total. The van der Waals surface area contributed by atoms with Crippen LogP contribution in [-0.2, 0) is 0 Å². The number of rotatable bonds is 4. The molecule has 3 heterocycles. The van der Waals surface area contributed by atoms with Gasteiger partial charge < -0.3 is 10.2 Å². The molecule has 7 heteroatoms. The van der Waals surface area contributed by atoms with Crippen LogP contribution in [0.4, 0.5) is 10.2 Å². The van der Waals surface area contributed by atoms with Crippen LogP contribution in [0.25, 0.3) is 11.3 Å². The summed E-state index contributed by atoms with van der Waals surface area (Å²) in [5.41, 5.74) is 1.74. The van der Waals surface area contributed by atoms with Gasteiger partial charge in [0.05, 0.1) is 10.6 Å². The van der Waals surface area contributed by atoms with E-state index >= 15 is 0 Å². The van der Waals surface area contributed by atoms with Gasteiger partial charge >= 0.3 is 0 Å². The SMILES string of the molecule is O=C(NC1CCCN(c2cc(-c3ccc(F)cc3)[nH]n2)C1)c1cccs1. The lowest BCUT2D eigenvalue weighted by atomic mass is 10.1. The van der Waals surface area contributed by atoms with Gasteiger partial charge in [-0.25, -0.2) is 4.39 Å². The molecule has 1 aliphatic heterocycles. The van der Waals surface area contributed by atoms with Crippen molar-refractivity contribution in [1.29, 1.82) is 0 Å². The summed E-state index contributed by atoms with van der Waals surface area (Å²) in [4.78, 5) is 15.2. The summed E-state index contributed by atoms with van der Waals surface area (Å²) in [5.74, 6) is 0.578. The average molecular weight is 370 g/mol. The third-order valence-corrected chi connectivity index (χ3v) is 5.41. The predicted octanol–water partition coefficient (Wildman–Crippen LogP) is 3.68. The van der Waals surface area contributed by atoms with Crippen LogP contribution in [0.1, 0.15) is 22.5 Å². The number of amides is 1. The monoisotopic (exact) mass is 370 g/mol. The summed E-state index contributed by atoms with van der Waals surface area (Å²) in [7, 11) is 0. The molecule has 0 radical (unpaired) electrons. The Balaban J connectivity index is 1.43. The highest BCUT2D eigenvalue weighted by molar-refractivity contribution is 7.12. The van der Waals surface area contributed by atoms with Crippen LogP contribution in [0.2, 0.25) is 0 Å². The van der Waals surface area contributed by atoms with Crippen molar-refractivity contribution in [3.05, 3.63) is 58.5 Å². The van der Waals surface area contributed by atoms with E-state index in [-0.39, 0.29) is 17.8 Å². The predicted molar refractivity (Wildman–Crippen MR) is 101 cm³/mol. The molecule has 0 aliphatic carbocycles. The second kappa shape index (κ2) is 7.29. The molecule has 134 valence electrons. The van der Waals surface area contributed by atoms with Crippen LogP contribution < -0.4 is 10.2 Å². The minimum atomic E-state index is -0.256. The van der Waals surface area contributed by atoms with Crippen molar-refractivity contribution >= 4 is 23.1 Å². The van der Waals surface area contributed by atoms with Gasteiger partial charge in [0.25, 0.3) is 5.91 Å². The van der Waals surface area contributed by atoms with Crippen molar-refractivity contribution < 1.29 is 9.18 Å². The van der Waals surface area contributed by atoms with E-state index in [0.717, 1.165) is 47.9 Å². The molecule has 5 nitrogen and oxygen atoms in total. The molecule has 0 saturated carbocycles. The van der Waals surface area contributed by atoms with Gasteiger partial charge in [0, 0.05) is 25.2 Å². The first-order valence-corrected chi connectivity index (χ1v) is 9.48. The molecule has 3 aromatic rings. The number of nitrogens with one attached hydrogen (secondary N) is 2. The van der Waals surface area contributed by atoms with Gasteiger partial charge in [-0.15, -0.1) is 11.3 Å². The lowest BCUT2D eigenvalue weighted by molar-refractivity contribution is 0.0937. The van der Waals surface area contributed by atoms with Gasteiger partial charge in [-0.2, -0.15) is 5.10 Å². The van der Waals surface area contributed by atoms with Gasteiger partial charge in [0.2, 0.25) is 0 Å². The van der Waals surface area contributed by atoms with E-state index in [0.29, 0.717) is 0 Å². The summed E-state index contributed by atoms with van der Waals surface area (Å²) in [5, 5.41) is 12.4. The number of aromatic amines is 1. The Morgan fingerprint density at radius 2 is 2.15 bits per heavy atom. The summed E-state index contributed by atoms with van der Waals surface area (Å²) < 4.78 is 13.1. The fourth-order valence-corrected chi connectivity index (χ4v) is 3.84. The van der Waals surface area contributed by atoms with Crippen molar-refractivity contribution in [1.82, 2.24) is 15.5 Å². The number of anilines is 1. The smallest absolute Gasteiger partial charge is 0.261 e. The summed E-state index contributed by atoms with van der Waals surface area (Å²) in [6.07, 6.45) is 1.96. The van der Waals surface area contributed by atoms with Gasteiger partial charge in [0.1, 0.15) is 5.82 Å². The largest absolute Gasteiger partial charge is 0.353 e. The first kappa shape index (κ1) is 16.8. The molecule has 26 heavy (non-hydrogen) atoms. The molecule has 4 rings (SSSR count). The van der Waals surface area contributed by atoms with Crippen LogP contribution >= 0.6 is 11.3 Å². The second-order valence-electron chi connectivity index (χ2n) is 6.38. The number of benzene rings is 1. The summed E-state index contributed by atoms with van der Waals surface area (Å²) >= 11 is 1.45. The van der Waals surface area contributed by atoms with Crippen LogP contribution in [-0.4, -0.2) is 35.2 Å². The van der Waals surface area contributed by atoms with Gasteiger partial charge in [-0.3, -0.25) is 9.89 Å². The number of hydrogen-bond acceptors (Lipinski definition) is 4. The quantitative estimate of drug-likeness (QED) is 0.737. The molecular weight excluding hydrogens is 351 g/mol. The van der Waals surface area contributed by atoms with E-state index in [1.165, 1.54) is 23.5 Å². The first-order chi connectivity index (χ1) is 12.7. The molecule has 0 bridgehead atoms. The topological polar surface area (TPSA) is 61.0 Å². The molecule has 2 aromatic heterocycles. The van der Waals surface area contributed by atoms with E-state index in [4.69, 9.17) is 0 Å². The number of thiophene rings is 1. The van der Waals surface area contributed by atoms with Crippen LogP contribution in [0, 0.1) is 5.82 Å². The van der Waals surface area contributed by atoms with Crippen molar-refractivity contribution in [2.24, 2.45) is 0 Å². The number of halogens is 1. The highest BCUT2D eigenvalue weighted by atomic mass is 32.1. The number of hydrogen-bond donors (Lipinski definition) is 2. The normalized spacial score (nSPS) is 17.3. The Hall–Kier alpha value is -2.67. The maximum Gasteiger partial charge on any atom is 0.261 e. The minimum absolute atomic E-state index is 0.0131. The van der Waals surface area contributed by atoms with Crippen LogP contribution in [0.5, 0.6) is 0 Å². The van der Waals surface area contributed by atoms with Crippen LogP contribution in [0.15, 0.2) is 47.8 Å². The zero-order valence-electron chi connectivity index (χ0n) is 14.1. The first-order valence-electron chi connectivity index (χ1n) is 8.60. The fraction of sp³-hybridized carbons (Fsp3) is 0.263. The van der Waals surface area contributed by atoms with Crippen molar-refractivity contribution in [3.8, 4) is 11.3 Å². The molecule has 1 amide bonds.